The average molecular weight is 175 g/mol. The van der Waals surface area contributed by atoms with Crippen LogP contribution in [0.4, 0.5) is 0 Å². The Labute approximate surface area is 72.7 Å². The Morgan fingerprint density at radius 2 is 2.00 bits per heavy atom. The van der Waals surface area contributed by atoms with Crippen molar-refractivity contribution in [1.29, 1.82) is 0 Å². The van der Waals surface area contributed by atoms with Crippen LogP contribution in [0.3, 0.4) is 0 Å². The molecule has 0 unspecified atom stereocenters. The molecule has 0 spiro atoms. The lowest BCUT2D eigenvalue weighted by Gasteiger charge is -2.16. The topological polar surface area (TPSA) is 69.8 Å². The molecule has 3 N–H and O–H groups in total. The van der Waals surface area contributed by atoms with Gasteiger partial charge in [0.25, 0.3) is 0 Å². The third-order valence-electron chi connectivity index (χ3n) is 1.50. The molecule has 0 heterocycles. The second kappa shape index (κ2) is 5.93. The van der Waals surface area contributed by atoms with E-state index in [2.05, 4.69) is 0 Å². The first kappa shape index (κ1) is 11.4. The summed E-state index contributed by atoms with van der Waals surface area (Å²) in [6.45, 7) is 0.908. The normalized spacial score (nSPS) is 10.4. The van der Waals surface area contributed by atoms with Crippen LogP contribution in [0.25, 0.3) is 0 Å². The summed E-state index contributed by atoms with van der Waals surface area (Å²) >= 11 is 0. The van der Waals surface area contributed by atoms with Gasteiger partial charge < -0.3 is 10.0 Å². The number of hydrogen-bond donors (Lipinski definition) is 2. The largest absolute Gasteiger partial charge is 0.395 e. The smallest absolute Gasteiger partial charge is 0.223 e. The lowest BCUT2D eigenvalue weighted by Crippen LogP contribution is -2.37. The molecule has 12 heavy (non-hydrogen) atoms. The molecule has 5 heteroatoms. The summed E-state index contributed by atoms with van der Waals surface area (Å²) in [6, 6.07) is 0. The monoisotopic (exact) mass is 175 g/mol. The third kappa shape index (κ3) is 5.06. The van der Waals surface area contributed by atoms with E-state index in [0.717, 1.165) is 0 Å². The van der Waals surface area contributed by atoms with Crippen molar-refractivity contribution in [2.75, 3.05) is 33.8 Å². The first-order chi connectivity index (χ1) is 5.57. The zero-order chi connectivity index (χ0) is 9.56. The van der Waals surface area contributed by atoms with Crippen molar-refractivity contribution in [3.8, 4) is 0 Å². The number of nitrogens with zero attached hydrogens (tertiary/aromatic N) is 2. The fraction of sp³-hybridized carbons (Fsp3) is 0.857. The summed E-state index contributed by atoms with van der Waals surface area (Å²) in [7, 11) is 3.41. The lowest BCUT2D eigenvalue weighted by molar-refractivity contribution is -0.129. The van der Waals surface area contributed by atoms with Gasteiger partial charge in [-0.25, -0.2) is 5.01 Å². The van der Waals surface area contributed by atoms with Gasteiger partial charge >= 0.3 is 0 Å². The highest BCUT2D eigenvalue weighted by molar-refractivity contribution is 5.75. The molecule has 0 fully saturated rings. The number of aliphatic hydroxyl groups excluding tert-OH is 1. The molecule has 72 valence electrons. The van der Waals surface area contributed by atoms with Gasteiger partial charge in [0.05, 0.1) is 6.61 Å². The molecular weight excluding hydrogens is 158 g/mol. The molecular formula is C7H17N3O2. The highest BCUT2D eigenvalue weighted by Crippen LogP contribution is 1.88. The fourth-order valence-corrected chi connectivity index (χ4v) is 0.703. The molecule has 5 nitrogen and oxygen atoms in total. The van der Waals surface area contributed by atoms with E-state index in [1.807, 2.05) is 0 Å². The van der Waals surface area contributed by atoms with Crippen LogP contribution in [0.5, 0.6) is 0 Å². The number of nitrogens with two attached hydrogens (primary N) is 1. The minimum Gasteiger partial charge on any atom is -0.395 e. The van der Waals surface area contributed by atoms with E-state index < -0.39 is 0 Å². The predicted molar refractivity (Wildman–Crippen MR) is 46.2 cm³/mol. The quantitative estimate of drug-likeness (QED) is 0.399. The van der Waals surface area contributed by atoms with Crippen LogP contribution in [-0.4, -0.2) is 54.7 Å². The second-order valence-corrected chi connectivity index (χ2v) is 2.80. The van der Waals surface area contributed by atoms with Gasteiger partial charge in [0.15, 0.2) is 0 Å². The van der Waals surface area contributed by atoms with Crippen LogP contribution in [0.15, 0.2) is 0 Å². The third-order valence-corrected chi connectivity index (χ3v) is 1.50. The molecule has 0 aliphatic carbocycles. The van der Waals surface area contributed by atoms with E-state index in [0.29, 0.717) is 19.5 Å². The molecule has 0 atom stereocenters. The Morgan fingerprint density at radius 1 is 1.42 bits per heavy atom. The molecule has 1 amide bonds. The van der Waals surface area contributed by atoms with Gasteiger partial charge in [-0.2, -0.15) is 0 Å². The summed E-state index contributed by atoms with van der Waals surface area (Å²) in [5, 5.41) is 9.93. The standard InChI is InChI=1S/C7H17N3O2/c1-9(2)7(12)3-4-10(8)5-6-11/h11H,3-6,8H2,1-2H3. The van der Waals surface area contributed by atoms with Crippen molar-refractivity contribution in [2.45, 2.75) is 6.42 Å². The van der Waals surface area contributed by atoms with Crippen LogP contribution < -0.4 is 5.84 Å². The SMILES string of the molecule is CN(C)C(=O)CCN(N)CCO. The maximum atomic E-state index is 11.0. The molecule has 0 aliphatic rings. The van der Waals surface area contributed by atoms with Crippen LogP contribution >= 0.6 is 0 Å². The number of hydrogen-bond acceptors (Lipinski definition) is 4. The fourth-order valence-electron chi connectivity index (χ4n) is 0.703. The van der Waals surface area contributed by atoms with Crippen LogP contribution in [-0.2, 0) is 4.79 Å². The minimum atomic E-state index is 0.0205. The molecule has 0 saturated heterocycles. The Balaban J connectivity index is 3.47. The van der Waals surface area contributed by atoms with Crippen molar-refractivity contribution < 1.29 is 9.90 Å². The van der Waals surface area contributed by atoms with Crippen LogP contribution in [0.1, 0.15) is 6.42 Å². The van der Waals surface area contributed by atoms with E-state index in [1.54, 1.807) is 14.1 Å². The first-order valence-corrected chi connectivity index (χ1v) is 3.88. The Kier molecular flexibility index (Phi) is 5.61. The predicted octanol–water partition coefficient (Wildman–Crippen LogP) is -1.37. The van der Waals surface area contributed by atoms with Gasteiger partial charge in [-0.3, -0.25) is 10.6 Å². The van der Waals surface area contributed by atoms with Crippen molar-refractivity contribution in [1.82, 2.24) is 9.91 Å². The molecule has 0 aromatic heterocycles. The van der Waals surface area contributed by atoms with Gasteiger partial charge in [0, 0.05) is 33.6 Å². The summed E-state index contributed by atoms with van der Waals surface area (Å²) in [5.41, 5.74) is 0. The van der Waals surface area contributed by atoms with Gasteiger partial charge in [-0.15, -0.1) is 0 Å². The van der Waals surface area contributed by atoms with Crippen LogP contribution in [0.2, 0.25) is 0 Å². The van der Waals surface area contributed by atoms with Gasteiger partial charge in [-0.1, -0.05) is 0 Å². The Bertz CT molecular complexity index is 139. The van der Waals surface area contributed by atoms with E-state index in [1.165, 1.54) is 9.91 Å². The highest BCUT2D eigenvalue weighted by atomic mass is 16.3. The van der Waals surface area contributed by atoms with E-state index in [9.17, 15) is 4.79 Å². The number of carbonyl (C=O) groups excluding carboxylic acids is 1. The van der Waals surface area contributed by atoms with Gasteiger partial charge in [-0.05, 0) is 0 Å². The molecule has 0 aromatic rings. The second-order valence-electron chi connectivity index (χ2n) is 2.80. The van der Waals surface area contributed by atoms with Crippen molar-refractivity contribution in [3.63, 3.8) is 0 Å². The summed E-state index contributed by atoms with van der Waals surface area (Å²) in [4.78, 5) is 12.6. The average Bonchev–Trinajstić information content (AvgIpc) is 2.00. The molecule has 0 aliphatic heterocycles. The first-order valence-electron chi connectivity index (χ1n) is 3.88. The van der Waals surface area contributed by atoms with Gasteiger partial charge in [0.2, 0.25) is 5.91 Å². The van der Waals surface area contributed by atoms with E-state index >= 15 is 0 Å². The minimum absolute atomic E-state index is 0.0205. The number of rotatable bonds is 5. The molecule has 0 aromatic carbocycles. The molecule has 0 radical (unpaired) electrons. The maximum absolute atomic E-state index is 11.0. The number of hydrazine groups is 1. The zero-order valence-electron chi connectivity index (χ0n) is 7.66. The van der Waals surface area contributed by atoms with E-state index in [4.69, 9.17) is 10.9 Å². The Hall–Kier alpha value is -0.650. The molecule has 0 saturated carbocycles. The maximum Gasteiger partial charge on any atom is 0.223 e. The number of amides is 1. The summed E-state index contributed by atoms with van der Waals surface area (Å²) in [5.74, 6) is 5.48. The number of aliphatic hydroxyl groups is 1. The highest BCUT2D eigenvalue weighted by Gasteiger charge is 2.05. The summed E-state index contributed by atoms with van der Waals surface area (Å²) < 4.78 is 0. The van der Waals surface area contributed by atoms with Crippen molar-refractivity contribution in [3.05, 3.63) is 0 Å². The van der Waals surface area contributed by atoms with E-state index in [-0.39, 0.29) is 12.5 Å². The lowest BCUT2D eigenvalue weighted by atomic mass is 10.3. The molecule has 0 rings (SSSR count). The Morgan fingerprint density at radius 3 is 2.42 bits per heavy atom. The summed E-state index contributed by atoms with van der Waals surface area (Å²) in [6.07, 6.45) is 0.392. The zero-order valence-corrected chi connectivity index (χ0v) is 7.66. The van der Waals surface area contributed by atoms with Crippen molar-refractivity contribution >= 4 is 5.91 Å². The van der Waals surface area contributed by atoms with Crippen LogP contribution in [0, 0.1) is 0 Å². The van der Waals surface area contributed by atoms with Gasteiger partial charge in [0.1, 0.15) is 0 Å². The number of carbonyl (C=O) groups is 1. The van der Waals surface area contributed by atoms with Crippen molar-refractivity contribution in [2.24, 2.45) is 5.84 Å². The molecule has 0 bridgehead atoms.